The number of fused-ring (bicyclic) bond motifs is 1. The highest BCUT2D eigenvalue weighted by Gasteiger charge is 2.49. The summed E-state index contributed by atoms with van der Waals surface area (Å²) in [6.45, 7) is -0.0378. The van der Waals surface area contributed by atoms with E-state index < -0.39 is 15.6 Å². The quantitative estimate of drug-likeness (QED) is 0.360. The lowest BCUT2D eigenvalue weighted by molar-refractivity contribution is 0.414. The second kappa shape index (κ2) is 8.75. The first-order chi connectivity index (χ1) is 16.8. The van der Waals surface area contributed by atoms with Gasteiger partial charge in [-0.2, -0.15) is 0 Å². The van der Waals surface area contributed by atoms with Gasteiger partial charge < -0.3 is 4.74 Å². The van der Waals surface area contributed by atoms with Crippen molar-refractivity contribution in [1.82, 2.24) is 4.57 Å². The van der Waals surface area contributed by atoms with Crippen LogP contribution in [0.25, 0.3) is 0 Å². The smallest absolute Gasteiger partial charge is 0.265 e. The Morgan fingerprint density at radius 2 is 1.34 bits per heavy atom. The van der Waals surface area contributed by atoms with Crippen molar-refractivity contribution in [3.63, 3.8) is 0 Å². The van der Waals surface area contributed by atoms with E-state index in [9.17, 15) is 13.2 Å². The Bertz CT molecular complexity index is 1500. The van der Waals surface area contributed by atoms with E-state index >= 15 is 0 Å². The Balaban J connectivity index is 1.79. The number of sulfonamides is 1. The molecule has 0 bridgehead atoms. The van der Waals surface area contributed by atoms with E-state index in [4.69, 9.17) is 27.9 Å². The van der Waals surface area contributed by atoms with Gasteiger partial charge >= 0.3 is 0 Å². The van der Waals surface area contributed by atoms with Crippen LogP contribution in [-0.2, 0) is 15.6 Å². The fourth-order valence-corrected chi connectivity index (χ4v) is 6.29. The van der Waals surface area contributed by atoms with Crippen LogP contribution in [0.2, 0.25) is 10.0 Å². The SMILES string of the molecule is COc1ccc(S(=O)(=O)N2CC(c3ccc(Cl)cc3)(c3ccc(Cl)cc3)n3c2cccc3=O)cc1. The van der Waals surface area contributed by atoms with Crippen LogP contribution in [0.3, 0.4) is 0 Å². The standard InChI is InChI=1S/C26H20Cl2N2O4S/c1-34-22-13-15-23(16-14-22)35(32,33)29-17-26(18-5-9-20(27)10-6-18,19-7-11-21(28)12-8-19)30-24(29)3-2-4-25(30)31/h2-16H,17H2,1H3. The highest BCUT2D eigenvalue weighted by atomic mass is 35.5. The average molecular weight is 527 g/mol. The van der Waals surface area contributed by atoms with Gasteiger partial charge in [-0.15, -0.1) is 0 Å². The van der Waals surface area contributed by atoms with Crippen LogP contribution in [0.4, 0.5) is 5.82 Å². The third-order valence-corrected chi connectivity index (χ3v) is 8.50. The minimum atomic E-state index is -4.03. The van der Waals surface area contributed by atoms with E-state index in [1.807, 2.05) is 24.3 Å². The molecule has 0 spiro atoms. The minimum absolute atomic E-state index is 0.0378. The molecule has 0 fully saturated rings. The predicted molar refractivity (Wildman–Crippen MR) is 137 cm³/mol. The number of anilines is 1. The van der Waals surface area contributed by atoms with Gasteiger partial charge in [0, 0.05) is 16.1 Å². The van der Waals surface area contributed by atoms with Crippen LogP contribution >= 0.6 is 23.2 Å². The highest BCUT2D eigenvalue weighted by Crippen LogP contribution is 2.45. The molecule has 5 rings (SSSR count). The van der Waals surface area contributed by atoms with Gasteiger partial charge in [-0.3, -0.25) is 9.36 Å². The number of hydrogen-bond acceptors (Lipinski definition) is 4. The normalized spacial score (nSPS) is 14.5. The van der Waals surface area contributed by atoms with Crippen LogP contribution < -0.4 is 14.6 Å². The highest BCUT2D eigenvalue weighted by molar-refractivity contribution is 7.92. The molecule has 0 amide bonds. The second-order valence-electron chi connectivity index (χ2n) is 8.12. The molecule has 3 aromatic carbocycles. The second-order valence-corrected chi connectivity index (χ2v) is 10.9. The fourth-order valence-electron chi connectivity index (χ4n) is 4.56. The van der Waals surface area contributed by atoms with Crippen molar-refractivity contribution in [3.05, 3.63) is 123 Å². The van der Waals surface area contributed by atoms with Gasteiger partial charge in [-0.05, 0) is 65.7 Å². The van der Waals surface area contributed by atoms with E-state index in [2.05, 4.69) is 0 Å². The minimum Gasteiger partial charge on any atom is -0.497 e. The summed E-state index contributed by atoms with van der Waals surface area (Å²) in [6.07, 6.45) is 0. The Labute approximate surface area is 213 Å². The first-order valence-corrected chi connectivity index (χ1v) is 12.9. The van der Waals surface area contributed by atoms with Crippen LogP contribution in [0.15, 0.2) is 101 Å². The first-order valence-electron chi connectivity index (χ1n) is 10.7. The summed E-state index contributed by atoms with van der Waals surface area (Å²) in [4.78, 5) is 13.5. The number of benzene rings is 3. The van der Waals surface area contributed by atoms with Gasteiger partial charge in [0.05, 0.1) is 18.6 Å². The number of hydrogen-bond donors (Lipinski definition) is 0. The Morgan fingerprint density at radius 3 is 1.86 bits per heavy atom. The summed E-state index contributed by atoms with van der Waals surface area (Å²) in [6, 6.07) is 24.9. The molecular formula is C26H20Cl2N2O4S. The molecule has 6 nitrogen and oxygen atoms in total. The molecule has 2 heterocycles. The molecule has 35 heavy (non-hydrogen) atoms. The molecule has 0 aliphatic carbocycles. The van der Waals surface area contributed by atoms with Crippen molar-refractivity contribution in [1.29, 1.82) is 0 Å². The summed E-state index contributed by atoms with van der Waals surface area (Å²) >= 11 is 12.3. The van der Waals surface area contributed by atoms with Crippen molar-refractivity contribution in [2.75, 3.05) is 18.0 Å². The molecule has 9 heteroatoms. The van der Waals surface area contributed by atoms with Crippen LogP contribution in [0.1, 0.15) is 11.1 Å². The number of aromatic nitrogens is 1. The molecule has 0 saturated carbocycles. The molecule has 178 valence electrons. The van der Waals surface area contributed by atoms with Crippen molar-refractivity contribution in [2.45, 2.75) is 10.4 Å². The van der Waals surface area contributed by atoms with Gasteiger partial charge in [0.2, 0.25) is 0 Å². The zero-order chi connectivity index (χ0) is 24.8. The van der Waals surface area contributed by atoms with Crippen LogP contribution in [0.5, 0.6) is 5.75 Å². The van der Waals surface area contributed by atoms with Gasteiger partial charge in [0.1, 0.15) is 17.1 Å². The molecular weight excluding hydrogens is 507 g/mol. The molecule has 4 aromatic rings. The van der Waals surface area contributed by atoms with E-state index in [0.29, 0.717) is 26.9 Å². The molecule has 0 saturated heterocycles. The number of nitrogens with zero attached hydrogens (tertiary/aromatic N) is 2. The summed E-state index contributed by atoms with van der Waals surface area (Å²) < 4.78 is 35.8. The lowest BCUT2D eigenvalue weighted by Crippen LogP contribution is -2.44. The molecule has 0 unspecified atom stereocenters. The van der Waals surface area contributed by atoms with Crippen molar-refractivity contribution < 1.29 is 13.2 Å². The van der Waals surface area contributed by atoms with E-state index in [-0.39, 0.29) is 22.8 Å². The molecule has 0 radical (unpaired) electrons. The lowest BCUT2D eigenvalue weighted by atomic mass is 9.83. The summed E-state index contributed by atoms with van der Waals surface area (Å²) in [7, 11) is -2.52. The number of ether oxygens (including phenoxy) is 1. The summed E-state index contributed by atoms with van der Waals surface area (Å²) in [5.74, 6) is 0.803. The summed E-state index contributed by atoms with van der Waals surface area (Å²) in [5.41, 5.74) is -0.0557. The van der Waals surface area contributed by atoms with E-state index in [1.165, 1.54) is 34.2 Å². The topological polar surface area (TPSA) is 68.6 Å². The Kier molecular flexibility index (Phi) is 5.87. The fraction of sp³-hybridized carbons (Fsp3) is 0.115. The zero-order valence-electron chi connectivity index (χ0n) is 18.6. The molecule has 1 aliphatic rings. The zero-order valence-corrected chi connectivity index (χ0v) is 20.9. The Morgan fingerprint density at radius 1 is 0.800 bits per heavy atom. The molecule has 0 N–H and O–H groups in total. The summed E-state index contributed by atoms with van der Waals surface area (Å²) in [5, 5.41) is 1.06. The van der Waals surface area contributed by atoms with Crippen LogP contribution in [0, 0.1) is 0 Å². The molecule has 1 aromatic heterocycles. The largest absolute Gasteiger partial charge is 0.497 e. The number of methoxy groups -OCH3 is 1. The maximum Gasteiger partial charge on any atom is 0.265 e. The third kappa shape index (κ3) is 3.80. The Hall–Kier alpha value is -3.26. The van der Waals surface area contributed by atoms with Gasteiger partial charge in [-0.25, -0.2) is 12.7 Å². The van der Waals surface area contributed by atoms with E-state index in [1.54, 1.807) is 48.5 Å². The van der Waals surface area contributed by atoms with Crippen LogP contribution in [-0.4, -0.2) is 26.6 Å². The van der Waals surface area contributed by atoms with Gasteiger partial charge in [0.15, 0.2) is 0 Å². The first kappa shape index (κ1) is 23.5. The average Bonchev–Trinajstić information content (AvgIpc) is 3.23. The number of rotatable bonds is 5. The number of halogens is 2. The maximum atomic E-state index is 13.9. The van der Waals surface area contributed by atoms with Crippen molar-refractivity contribution >= 4 is 39.0 Å². The predicted octanol–water partition coefficient (Wildman–Crippen LogP) is 5.16. The van der Waals surface area contributed by atoms with Crippen molar-refractivity contribution in [2.24, 2.45) is 0 Å². The number of pyridine rings is 1. The van der Waals surface area contributed by atoms with Gasteiger partial charge in [0.25, 0.3) is 15.6 Å². The molecule has 0 atom stereocenters. The third-order valence-electron chi connectivity index (χ3n) is 6.23. The van der Waals surface area contributed by atoms with Crippen molar-refractivity contribution in [3.8, 4) is 5.75 Å². The molecule has 1 aliphatic heterocycles. The van der Waals surface area contributed by atoms with E-state index in [0.717, 1.165) is 0 Å². The monoisotopic (exact) mass is 526 g/mol. The maximum absolute atomic E-state index is 13.9. The van der Waals surface area contributed by atoms with Gasteiger partial charge in [-0.1, -0.05) is 53.5 Å². The lowest BCUT2D eigenvalue weighted by Gasteiger charge is -2.32.